The molecule has 2 aromatic rings. The van der Waals surface area contributed by atoms with E-state index in [2.05, 4.69) is 4.72 Å². The largest absolute Gasteiger partial charge is 0.478 e. The molecule has 1 aromatic carbocycles. The first-order valence-electron chi connectivity index (χ1n) is 6.49. The van der Waals surface area contributed by atoms with Crippen LogP contribution in [0.4, 0.5) is 0 Å². The van der Waals surface area contributed by atoms with Gasteiger partial charge in [-0.1, -0.05) is 23.2 Å². The van der Waals surface area contributed by atoms with Crippen LogP contribution in [0.3, 0.4) is 0 Å². The van der Waals surface area contributed by atoms with E-state index in [9.17, 15) is 4.21 Å². The quantitative estimate of drug-likeness (QED) is 0.861. The number of ether oxygens (including phenoxy) is 1. The van der Waals surface area contributed by atoms with Gasteiger partial charge >= 0.3 is 0 Å². The third kappa shape index (κ3) is 3.55. The molecule has 0 radical (unpaired) electrons. The second kappa shape index (κ2) is 7.34. The standard InChI is InChI=1S/C14H15Cl2N3O2S/c1-9-8-19(5-4-18-22(2)20)14-12(9)11(21-6-3-17)7-10(15)13(14)16/h7-8,18H,4-6H2,1-2H3. The molecule has 0 fully saturated rings. The maximum atomic E-state index is 11.1. The minimum atomic E-state index is -1.07. The molecule has 0 aliphatic carbocycles. The second-order valence-corrected chi connectivity index (χ2v) is 6.68. The van der Waals surface area contributed by atoms with Gasteiger partial charge in [0.2, 0.25) is 0 Å². The van der Waals surface area contributed by atoms with Crippen molar-refractivity contribution in [2.75, 3.05) is 19.4 Å². The highest BCUT2D eigenvalue weighted by Gasteiger charge is 2.17. The first-order chi connectivity index (χ1) is 10.5. The molecule has 1 unspecified atom stereocenters. The summed E-state index contributed by atoms with van der Waals surface area (Å²) >= 11 is 12.5. The monoisotopic (exact) mass is 359 g/mol. The number of nitriles is 1. The number of nitrogens with one attached hydrogen (secondary N) is 1. The SMILES string of the molecule is Cc1cn(CCNS(C)=O)c2c(Cl)c(Cl)cc(OCC#N)c12. The number of rotatable bonds is 6. The van der Waals surface area contributed by atoms with Gasteiger partial charge in [-0.3, -0.25) is 0 Å². The van der Waals surface area contributed by atoms with E-state index in [0.717, 1.165) is 16.5 Å². The highest BCUT2D eigenvalue weighted by molar-refractivity contribution is 7.82. The zero-order chi connectivity index (χ0) is 16.3. The minimum Gasteiger partial charge on any atom is -0.478 e. The smallest absolute Gasteiger partial charge is 0.174 e. The number of aryl methyl sites for hydroxylation is 1. The molecule has 0 saturated heterocycles. The zero-order valence-electron chi connectivity index (χ0n) is 12.2. The molecular weight excluding hydrogens is 345 g/mol. The summed E-state index contributed by atoms with van der Waals surface area (Å²) in [7, 11) is -1.07. The van der Waals surface area contributed by atoms with Gasteiger partial charge in [0.15, 0.2) is 6.61 Å². The summed E-state index contributed by atoms with van der Waals surface area (Å²) < 4.78 is 21.3. The Labute approximate surface area is 141 Å². The summed E-state index contributed by atoms with van der Waals surface area (Å²) in [6, 6.07) is 3.56. The molecule has 22 heavy (non-hydrogen) atoms. The van der Waals surface area contributed by atoms with Crippen molar-refractivity contribution in [2.45, 2.75) is 13.5 Å². The molecular formula is C14H15Cl2N3O2S. The van der Waals surface area contributed by atoms with Crippen molar-refractivity contribution in [3.05, 3.63) is 27.9 Å². The average molecular weight is 360 g/mol. The molecule has 1 N–H and O–H groups in total. The van der Waals surface area contributed by atoms with Gasteiger partial charge in [0.05, 0.1) is 26.5 Å². The maximum absolute atomic E-state index is 11.1. The fourth-order valence-corrected chi connectivity index (χ4v) is 3.14. The van der Waals surface area contributed by atoms with Crippen molar-refractivity contribution in [2.24, 2.45) is 0 Å². The van der Waals surface area contributed by atoms with E-state index >= 15 is 0 Å². The third-order valence-electron chi connectivity index (χ3n) is 3.14. The van der Waals surface area contributed by atoms with Crippen molar-refractivity contribution in [3.8, 4) is 11.8 Å². The fraction of sp³-hybridized carbons (Fsp3) is 0.357. The number of halogens is 2. The second-order valence-electron chi connectivity index (χ2n) is 4.69. The van der Waals surface area contributed by atoms with Gasteiger partial charge in [-0.15, -0.1) is 0 Å². The Balaban J connectivity index is 2.49. The predicted molar refractivity (Wildman–Crippen MR) is 89.9 cm³/mol. The van der Waals surface area contributed by atoms with E-state index in [-0.39, 0.29) is 6.61 Å². The molecule has 2 rings (SSSR count). The lowest BCUT2D eigenvalue weighted by molar-refractivity contribution is 0.372. The molecule has 0 saturated carbocycles. The van der Waals surface area contributed by atoms with Crippen LogP contribution in [0.15, 0.2) is 12.3 Å². The molecule has 0 amide bonds. The highest BCUT2D eigenvalue weighted by Crippen LogP contribution is 2.40. The van der Waals surface area contributed by atoms with Crippen LogP contribution < -0.4 is 9.46 Å². The van der Waals surface area contributed by atoms with Crippen LogP contribution in [0.5, 0.6) is 5.75 Å². The van der Waals surface area contributed by atoms with Gasteiger partial charge in [0.1, 0.15) is 11.8 Å². The normalized spacial score (nSPS) is 12.3. The summed E-state index contributed by atoms with van der Waals surface area (Å²) in [6.45, 7) is 2.99. The first kappa shape index (κ1) is 17.1. The van der Waals surface area contributed by atoms with Crippen molar-refractivity contribution in [3.63, 3.8) is 0 Å². The van der Waals surface area contributed by atoms with Gasteiger partial charge in [-0.25, -0.2) is 8.93 Å². The van der Waals surface area contributed by atoms with Crippen molar-refractivity contribution in [1.82, 2.24) is 9.29 Å². The van der Waals surface area contributed by atoms with Gasteiger partial charge < -0.3 is 9.30 Å². The third-order valence-corrected chi connectivity index (χ3v) is 4.53. The Hall–Kier alpha value is -1.26. The number of hydrogen-bond donors (Lipinski definition) is 1. The fourth-order valence-electron chi connectivity index (χ4n) is 2.31. The Morgan fingerprint density at radius 3 is 2.86 bits per heavy atom. The molecule has 0 bridgehead atoms. The lowest BCUT2D eigenvalue weighted by atomic mass is 10.1. The van der Waals surface area contributed by atoms with Crippen LogP contribution in [-0.2, 0) is 17.5 Å². The van der Waals surface area contributed by atoms with Gasteiger partial charge in [-0.05, 0) is 12.5 Å². The molecule has 118 valence electrons. The van der Waals surface area contributed by atoms with Gasteiger partial charge in [-0.2, -0.15) is 5.26 Å². The van der Waals surface area contributed by atoms with Crippen molar-refractivity contribution >= 4 is 45.1 Å². The summed E-state index contributed by atoms with van der Waals surface area (Å²) in [5, 5.41) is 10.3. The average Bonchev–Trinajstić information content (AvgIpc) is 2.78. The minimum absolute atomic E-state index is 0.0615. The Bertz CT molecular complexity index is 768. The molecule has 8 heteroatoms. The van der Waals surface area contributed by atoms with Crippen molar-refractivity contribution < 1.29 is 8.95 Å². The van der Waals surface area contributed by atoms with E-state index in [4.69, 9.17) is 33.2 Å². The van der Waals surface area contributed by atoms with Gasteiger partial charge in [0.25, 0.3) is 0 Å². The summed E-state index contributed by atoms with van der Waals surface area (Å²) in [5.41, 5.74) is 1.72. The highest BCUT2D eigenvalue weighted by atomic mass is 35.5. The molecule has 5 nitrogen and oxygen atoms in total. The number of hydrogen-bond acceptors (Lipinski definition) is 3. The van der Waals surface area contributed by atoms with E-state index in [1.165, 1.54) is 0 Å². The van der Waals surface area contributed by atoms with Crippen LogP contribution in [0, 0.1) is 18.3 Å². The molecule has 1 aromatic heterocycles. The van der Waals surface area contributed by atoms with Crippen molar-refractivity contribution in [1.29, 1.82) is 5.26 Å². The summed E-state index contributed by atoms with van der Waals surface area (Å²) in [5.74, 6) is 0.536. The lowest BCUT2D eigenvalue weighted by Crippen LogP contribution is -2.20. The first-order valence-corrected chi connectivity index (χ1v) is 8.81. The van der Waals surface area contributed by atoms with E-state index in [1.54, 1.807) is 12.3 Å². The number of aromatic nitrogens is 1. The molecule has 0 spiro atoms. The Kier molecular flexibility index (Phi) is 5.70. The predicted octanol–water partition coefficient (Wildman–Crippen LogP) is 3.04. The Morgan fingerprint density at radius 2 is 2.23 bits per heavy atom. The van der Waals surface area contributed by atoms with Crippen LogP contribution in [0.25, 0.3) is 10.9 Å². The number of fused-ring (bicyclic) bond motifs is 1. The molecule has 1 heterocycles. The van der Waals surface area contributed by atoms with E-state index < -0.39 is 11.0 Å². The van der Waals surface area contributed by atoms with Crippen LogP contribution in [-0.4, -0.2) is 28.2 Å². The molecule has 1 atom stereocenters. The summed E-state index contributed by atoms with van der Waals surface area (Å²) in [4.78, 5) is 0. The summed E-state index contributed by atoms with van der Waals surface area (Å²) in [6.07, 6.45) is 3.52. The van der Waals surface area contributed by atoms with Crippen LogP contribution in [0.1, 0.15) is 5.56 Å². The van der Waals surface area contributed by atoms with Crippen LogP contribution in [0.2, 0.25) is 10.0 Å². The number of nitrogens with zero attached hydrogens (tertiary/aromatic N) is 2. The van der Waals surface area contributed by atoms with E-state index in [0.29, 0.717) is 28.9 Å². The maximum Gasteiger partial charge on any atom is 0.174 e. The Morgan fingerprint density at radius 1 is 1.50 bits per heavy atom. The van der Waals surface area contributed by atoms with Crippen LogP contribution >= 0.6 is 23.2 Å². The zero-order valence-corrected chi connectivity index (χ0v) is 14.5. The van der Waals surface area contributed by atoms with E-state index in [1.807, 2.05) is 23.8 Å². The lowest BCUT2D eigenvalue weighted by Gasteiger charge is -2.11. The van der Waals surface area contributed by atoms with Gasteiger partial charge in [0, 0.05) is 37.0 Å². The molecule has 0 aliphatic heterocycles. The number of benzene rings is 1. The topological polar surface area (TPSA) is 67.1 Å². The molecule has 0 aliphatic rings.